The molecule has 0 aliphatic heterocycles. The maximum Gasteiger partial charge on any atom is 0.338 e. The van der Waals surface area contributed by atoms with Crippen molar-refractivity contribution < 1.29 is 27.4 Å². The van der Waals surface area contributed by atoms with Gasteiger partial charge in [0.15, 0.2) is 11.5 Å². The molecular weight excluding hydrogens is 382 g/mol. The first-order chi connectivity index (χ1) is 13.3. The molecule has 8 heteroatoms. The summed E-state index contributed by atoms with van der Waals surface area (Å²) >= 11 is 0. The van der Waals surface area contributed by atoms with Gasteiger partial charge in [0, 0.05) is 6.04 Å². The van der Waals surface area contributed by atoms with Crippen molar-refractivity contribution in [2.75, 3.05) is 21.3 Å². The van der Waals surface area contributed by atoms with Crippen LogP contribution in [0.1, 0.15) is 40.9 Å². The molecule has 0 amide bonds. The highest BCUT2D eigenvalue weighted by Crippen LogP contribution is 2.31. The summed E-state index contributed by atoms with van der Waals surface area (Å²) in [6, 6.07) is 9.14. The predicted octanol–water partition coefficient (Wildman–Crippen LogP) is 3.23. The van der Waals surface area contributed by atoms with E-state index in [1.807, 2.05) is 6.92 Å². The summed E-state index contributed by atoms with van der Waals surface area (Å²) in [5, 5.41) is 0. The molecular formula is C20H25NO6S. The lowest BCUT2D eigenvalue weighted by Gasteiger charge is -2.19. The van der Waals surface area contributed by atoms with E-state index in [1.165, 1.54) is 33.5 Å². The molecule has 2 rings (SSSR count). The molecule has 0 aliphatic rings. The second kappa shape index (κ2) is 9.07. The monoisotopic (exact) mass is 407 g/mol. The summed E-state index contributed by atoms with van der Waals surface area (Å²) in [4.78, 5) is 11.9. The van der Waals surface area contributed by atoms with Gasteiger partial charge in [-0.15, -0.1) is 0 Å². The second-order valence-corrected chi connectivity index (χ2v) is 7.88. The fraction of sp³-hybridized carbons (Fsp3) is 0.350. The van der Waals surface area contributed by atoms with Crippen LogP contribution < -0.4 is 14.2 Å². The van der Waals surface area contributed by atoms with Crippen LogP contribution in [-0.2, 0) is 14.8 Å². The van der Waals surface area contributed by atoms with Crippen molar-refractivity contribution in [1.29, 1.82) is 0 Å². The Morgan fingerprint density at radius 1 is 1.04 bits per heavy atom. The number of ether oxygens (including phenoxy) is 3. The van der Waals surface area contributed by atoms with E-state index in [9.17, 15) is 13.2 Å². The highest BCUT2D eigenvalue weighted by atomic mass is 32.2. The third-order valence-corrected chi connectivity index (χ3v) is 5.91. The number of hydrogen-bond acceptors (Lipinski definition) is 6. The van der Waals surface area contributed by atoms with E-state index in [4.69, 9.17) is 14.2 Å². The number of rotatable bonds is 8. The van der Waals surface area contributed by atoms with Crippen molar-refractivity contribution in [3.8, 4) is 11.5 Å². The number of benzene rings is 2. The summed E-state index contributed by atoms with van der Waals surface area (Å²) < 4.78 is 43.8. The Balaban J connectivity index is 2.38. The van der Waals surface area contributed by atoms with Gasteiger partial charge in [-0.25, -0.2) is 17.9 Å². The van der Waals surface area contributed by atoms with Gasteiger partial charge in [-0.1, -0.05) is 19.1 Å². The molecule has 0 fully saturated rings. The first-order valence-electron chi connectivity index (χ1n) is 8.70. The quantitative estimate of drug-likeness (QED) is 0.676. The van der Waals surface area contributed by atoms with Crippen LogP contribution in [0, 0.1) is 6.92 Å². The molecule has 2 aromatic rings. The molecule has 28 heavy (non-hydrogen) atoms. The number of sulfonamides is 1. The maximum absolute atomic E-state index is 12.9. The first-order valence-corrected chi connectivity index (χ1v) is 10.2. The van der Waals surface area contributed by atoms with E-state index in [2.05, 4.69) is 4.72 Å². The SMILES string of the molecule is CCC(NS(=O)(=O)c1ccc(C)c(C(=O)OC)c1)c1ccc(OC)c(OC)c1. The van der Waals surface area contributed by atoms with Crippen molar-refractivity contribution >= 4 is 16.0 Å². The standard InChI is InChI=1S/C20H25NO6S/c1-6-17(14-8-10-18(25-3)19(11-14)26-4)21-28(23,24)15-9-7-13(2)16(12-15)20(22)27-5/h7-12,17,21H,6H2,1-5H3. The number of nitrogens with one attached hydrogen (secondary N) is 1. The molecule has 2 aromatic carbocycles. The van der Waals surface area contributed by atoms with Crippen LogP contribution >= 0.6 is 0 Å². The van der Waals surface area contributed by atoms with Crippen LogP contribution in [0.25, 0.3) is 0 Å². The Morgan fingerprint density at radius 3 is 2.29 bits per heavy atom. The maximum atomic E-state index is 12.9. The lowest BCUT2D eigenvalue weighted by atomic mass is 10.1. The van der Waals surface area contributed by atoms with Crippen LogP contribution in [0.4, 0.5) is 0 Å². The minimum absolute atomic E-state index is 0.00238. The van der Waals surface area contributed by atoms with Gasteiger partial charge < -0.3 is 14.2 Å². The smallest absolute Gasteiger partial charge is 0.338 e. The molecule has 1 atom stereocenters. The lowest BCUT2D eigenvalue weighted by molar-refractivity contribution is 0.0599. The molecule has 0 saturated heterocycles. The minimum Gasteiger partial charge on any atom is -0.493 e. The third kappa shape index (κ3) is 4.63. The molecule has 152 valence electrons. The molecule has 1 unspecified atom stereocenters. The lowest BCUT2D eigenvalue weighted by Crippen LogP contribution is -2.28. The van der Waals surface area contributed by atoms with Crippen LogP contribution in [0.5, 0.6) is 11.5 Å². The van der Waals surface area contributed by atoms with Gasteiger partial charge in [-0.05, 0) is 48.7 Å². The molecule has 0 heterocycles. The molecule has 0 aliphatic carbocycles. The molecule has 7 nitrogen and oxygen atoms in total. The Bertz CT molecular complexity index is 955. The Kier molecular flexibility index (Phi) is 7.04. The number of aryl methyl sites for hydroxylation is 1. The summed E-state index contributed by atoms with van der Waals surface area (Å²) in [7, 11) is 0.446. The molecule has 0 aromatic heterocycles. The number of esters is 1. The zero-order valence-electron chi connectivity index (χ0n) is 16.6. The zero-order chi connectivity index (χ0) is 20.9. The largest absolute Gasteiger partial charge is 0.493 e. The number of carbonyl (C=O) groups is 1. The van der Waals surface area contributed by atoms with Gasteiger partial charge in [0.2, 0.25) is 10.0 Å². The molecule has 1 N–H and O–H groups in total. The highest BCUT2D eigenvalue weighted by Gasteiger charge is 2.23. The van der Waals surface area contributed by atoms with E-state index in [1.54, 1.807) is 31.2 Å². The van der Waals surface area contributed by atoms with Gasteiger partial charge in [-0.2, -0.15) is 0 Å². The third-order valence-electron chi connectivity index (χ3n) is 4.44. The van der Waals surface area contributed by atoms with Crippen LogP contribution in [0.15, 0.2) is 41.3 Å². The van der Waals surface area contributed by atoms with Gasteiger partial charge in [0.05, 0.1) is 31.8 Å². The minimum atomic E-state index is -3.87. The molecule has 0 spiro atoms. The molecule has 0 radical (unpaired) electrons. The van der Waals surface area contributed by atoms with Crippen LogP contribution in [-0.4, -0.2) is 35.7 Å². The van der Waals surface area contributed by atoms with E-state index in [-0.39, 0.29) is 10.5 Å². The topological polar surface area (TPSA) is 90.9 Å². The normalized spacial score (nSPS) is 12.3. The average molecular weight is 407 g/mol. The first kappa shape index (κ1) is 21.7. The number of methoxy groups -OCH3 is 3. The van der Waals surface area contributed by atoms with Crippen molar-refractivity contribution in [2.24, 2.45) is 0 Å². The van der Waals surface area contributed by atoms with Crippen LogP contribution in [0.2, 0.25) is 0 Å². The fourth-order valence-electron chi connectivity index (χ4n) is 2.81. The Morgan fingerprint density at radius 2 is 1.71 bits per heavy atom. The highest BCUT2D eigenvalue weighted by molar-refractivity contribution is 7.89. The number of hydrogen-bond donors (Lipinski definition) is 1. The predicted molar refractivity (Wildman–Crippen MR) is 105 cm³/mol. The summed E-state index contributed by atoms with van der Waals surface area (Å²) in [6.45, 7) is 3.59. The second-order valence-electron chi connectivity index (χ2n) is 6.16. The van der Waals surface area contributed by atoms with Crippen LogP contribution in [0.3, 0.4) is 0 Å². The zero-order valence-corrected chi connectivity index (χ0v) is 17.4. The van der Waals surface area contributed by atoms with Crippen molar-refractivity contribution in [3.63, 3.8) is 0 Å². The number of carbonyl (C=O) groups excluding carboxylic acids is 1. The van der Waals surface area contributed by atoms with Crippen molar-refractivity contribution in [2.45, 2.75) is 31.2 Å². The van der Waals surface area contributed by atoms with Gasteiger partial charge in [0.25, 0.3) is 0 Å². The van der Waals surface area contributed by atoms with Gasteiger partial charge in [-0.3, -0.25) is 0 Å². The Hall–Kier alpha value is -2.58. The molecule has 0 bridgehead atoms. The summed E-state index contributed by atoms with van der Waals surface area (Å²) in [6.07, 6.45) is 0.518. The average Bonchev–Trinajstić information content (AvgIpc) is 2.71. The summed E-state index contributed by atoms with van der Waals surface area (Å²) in [5.41, 5.74) is 1.59. The fourth-order valence-corrected chi connectivity index (χ4v) is 4.14. The van der Waals surface area contributed by atoms with Gasteiger partial charge in [0.1, 0.15) is 0 Å². The molecule has 0 saturated carbocycles. The van der Waals surface area contributed by atoms with E-state index in [0.29, 0.717) is 23.5 Å². The van der Waals surface area contributed by atoms with Crippen molar-refractivity contribution in [3.05, 3.63) is 53.1 Å². The van der Waals surface area contributed by atoms with Crippen molar-refractivity contribution in [1.82, 2.24) is 4.72 Å². The summed E-state index contributed by atoms with van der Waals surface area (Å²) in [5.74, 6) is 0.493. The van der Waals surface area contributed by atoms with Gasteiger partial charge >= 0.3 is 5.97 Å². The van der Waals surface area contributed by atoms with E-state index < -0.39 is 22.0 Å². The van der Waals surface area contributed by atoms with E-state index >= 15 is 0 Å². The Labute approximate surface area is 165 Å². The van der Waals surface area contributed by atoms with E-state index in [0.717, 1.165) is 5.56 Å².